The normalized spacial score (nSPS) is 10.5. The second kappa shape index (κ2) is 4.66. The molecule has 0 amide bonds. The highest BCUT2D eigenvalue weighted by Crippen LogP contribution is 2.24. The van der Waals surface area contributed by atoms with E-state index in [0.717, 1.165) is 25.8 Å². The van der Waals surface area contributed by atoms with Gasteiger partial charge in [-0.15, -0.1) is 11.3 Å². The van der Waals surface area contributed by atoms with Crippen molar-refractivity contribution in [2.75, 3.05) is 0 Å². The average Bonchev–Trinajstić information content (AvgIpc) is 2.58. The molecule has 5 heteroatoms. The Morgan fingerprint density at radius 2 is 2.13 bits per heavy atom. The lowest BCUT2D eigenvalue weighted by Gasteiger charge is -2.02. The lowest BCUT2D eigenvalue weighted by molar-refractivity contribution is 1.22. The maximum absolute atomic E-state index is 6.06. The van der Waals surface area contributed by atoms with Crippen LogP contribution in [0.25, 0.3) is 0 Å². The van der Waals surface area contributed by atoms with Crippen LogP contribution in [0.2, 0.25) is 10.0 Å². The number of H-pyrrole nitrogens is 1. The van der Waals surface area contributed by atoms with E-state index in [9.17, 15) is 0 Å². The van der Waals surface area contributed by atoms with E-state index in [1.807, 2.05) is 18.3 Å². The molecule has 0 saturated heterocycles. The number of benzene rings is 1. The van der Waals surface area contributed by atoms with Crippen molar-refractivity contribution < 1.29 is 0 Å². The van der Waals surface area contributed by atoms with Gasteiger partial charge in [0, 0.05) is 27.5 Å². The zero-order valence-corrected chi connectivity index (χ0v) is 10.7. The molecule has 0 saturated carbocycles. The zero-order chi connectivity index (χ0) is 10.8. The maximum Gasteiger partial charge on any atom is 0.158 e. The van der Waals surface area contributed by atoms with Crippen LogP contribution in [0.4, 0.5) is 0 Å². The van der Waals surface area contributed by atoms with Crippen LogP contribution >= 0.6 is 46.8 Å². The first-order chi connectivity index (χ1) is 7.15. The average molecular weight is 276 g/mol. The highest BCUT2D eigenvalue weighted by molar-refractivity contribution is 7.73. The smallest absolute Gasteiger partial charge is 0.158 e. The molecule has 78 valence electrons. The second-order valence-corrected chi connectivity index (χ2v) is 5.70. The van der Waals surface area contributed by atoms with Gasteiger partial charge in [-0.1, -0.05) is 23.2 Å². The summed E-state index contributed by atoms with van der Waals surface area (Å²) >= 11 is 18.5. The molecule has 0 aliphatic carbocycles. The number of nitrogens with one attached hydrogen (secondary N) is 1. The van der Waals surface area contributed by atoms with Crippen molar-refractivity contribution >= 4 is 46.8 Å². The zero-order valence-electron chi connectivity index (χ0n) is 7.59. The molecular formula is C10H7Cl2NS2. The van der Waals surface area contributed by atoms with Gasteiger partial charge >= 0.3 is 0 Å². The van der Waals surface area contributed by atoms with E-state index in [-0.39, 0.29) is 0 Å². The van der Waals surface area contributed by atoms with Gasteiger partial charge in [0.1, 0.15) is 0 Å². The Kier molecular flexibility index (Phi) is 3.46. The summed E-state index contributed by atoms with van der Waals surface area (Å²) in [5, 5.41) is 1.44. The van der Waals surface area contributed by atoms with Crippen LogP contribution in [0.15, 0.2) is 24.4 Å². The lowest BCUT2D eigenvalue weighted by Crippen LogP contribution is -1.86. The molecule has 2 aromatic rings. The minimum absolute atomic E-state index is 0.702. The molecule has 0 fully saturated rings. The summed E-state index contributed by atoms with van der Waals surface area (Å²) in [5.41, 5.74) is 1.02. The Morgan fingerprint density at radius 3 is 2.80 bits per heavy atom. The van der Waals surface area contributed by atoms with Crippen LogP contribution in [0.1, 0.15) is 10.4 Å². The van der Waals surface area contributed by atoms with Gasteiger partial charge in [-0.05, 0) is 36.0 Å². The van der Waals surface area contributed by atoms with Crippen molar-refractivity contribution in [3.63, 3.8) is 0 Å². The van der Waals surface area contributed by atoms with E-state index < -0.39 is 0 Å². The Hall–Kier alpha value is -0.350. The summed E-state index contributed by atoms with van der Waals surface area (Å²) in [5.74, 6) is 0. The summed E-state index contributed by atoms with van der Waals surface area (Å²) < 4.78 is 0.781. The molecule has 0 unspecified atom stereocenters. The fourth-order valence-electron chi connectivity index (χ4n) is 1.27. The van der Waals surface area contributed by atoms with Crippen LogP contribution in [0.3, 0.4) is 0 Å². The van der Waals surface area contributed by atoms with E-state index in [1.54, 1.807) is 17.4 Å². The van der Waals surface area contributed by atoms with Crippen LogP contribution in [0, 0.1) is 3.95 Å². The third-order valence-corrected chi connectivity index (χ3v) is 3.75. The largest absolute Gasteiger partial charge is 0.343 e. The van der Waals surface area contributed by atoms with Gasteiger partial charge in [0.2, 0.25) is 0 Å². The fourth-order valence-corrected chi connectivity index (χ4v) is 2.73. The van der Waals surface area contributed by atoms with Crippen molar-refractivity contribution in [1.29, 1.82) is 0 Å². The predicted octanol–water partition coefficient (Wildman–Crippen LogP) is 4.70. The number of thiazole rings is 1. The number of rotatable bonds is 2. The number of hydrogen-bond acceptors (Lipinski definition) is 2. The predicted molar refractivity (Wildman–Crippen MR) is 68.8 cm³/mol. The maximum atomic E-state index is 6.06. The van der Waals surface area contributed by atoms with E-state index in [4.69, 9.17) is 35.4 Å². The molecule has 1 aromatic carbocycles. The molecule has 0 aliphatic heterocycles. The first kappa shape index (κ1) is 11.1. The monoisotopic (exact) mass is 275 g/mol. The number of halogens is 2. The Bertz CT molecular complexity index is 530. The highest BCUT2D eigenvalue weighted by Gasteiger charge is 2.04. The minimum Gasteiger partial charge on any atom is -0.343 e. The lowest BCUT2D eigenvalue weighted by atomic mass is 10.1. The van der Waals surface area contributed by atoms with Gasteiger partial charge in [0.25, 0.3) is 0 Å². The van der Waals surface area contributed by atoms with E-state index in [1.165, 1.54) is 0 Å². The Balaban J connectivity index is 2.31. The van der Waals surface area contributed by atoms with E-state index in [0.29, 0.717) is 5.02 Å². The fraction of sp³-hybridized carbons (Fsp3) is 0.100. The van der Waals surface area contributed by atoms with Crippen LogP contribution in [-0.2, 0) is 6.42 Å². The molecule has 1 aromatic heterocycles. The molecule has 1 heterocycles. The van der Waals surface area contributed by atoms with Crippen molar-refractivity contribution in [1.82, 2.24) is 4.98 Å². The van der Waals surface area contributed by atoms with Gasteiger partial charge < -0.3 is 4.98 Å². The topological polar surface area (TPSA) is 15.8 Å². The van der Waals surface area contributed by atoms with Crippen molar-refractivity contribution in [3.8, 4) is 0 Å². The third kappa shape index (κ3) is 2.82. The van der Waals surface area contributed by atoms with Gasteiger partial charge in [-0.2, -0.15) is 0 Å². The minimum atomic E-state index is 0.702. The van der Waals surface area contributed by atoms with Crippen LogP contribution in [-0.4, -0.2) is 4.98 Å². The van der Waals surface area contributed by atoms with Gasteiger partial charge in [0.15, 0.2) is 3.95 Å². The molecule has 0 spiro atoms. The Morgan fingerprint density at radius 1 is 1.33 bits per heavy atom. The molecule has 15 heavy (non-hydrogen) atoms. The molecule has 0 radical (unpaired) electrons. The van der Waals surface area contributed by atoms with Gasteiger partial charge in [-0.3, -0.25) is 0 Å². The summed E-state index contributed by atoms with van der Waals surface area (Å²) in [7, 11) is 0. The summed E-state index contributed by atoms with van der Waals surface area (Å²) in [6.45, 7) is 0. The quantitative estimate of drug-likeness (QED) is 0.786. The van der Waals surface area contributed by atoms with Crippen molar-refractivity contribution in [2.45, 2.75) is 6.42 Å². The van der Waals surface area contributed by atoms with Gasteiger partial charge in [-0.25, -0.2) is 0 Å². The number of aromatic amines is 1. The molecule has 0 aliphatic rings. The SMILES string of the molecule is S=c1[nH]cc(Cc2cc(Cl)ccc2Cl)s1. The molecule has 2 rings (SSSR count). The molecule has 0 atom stereocenters. The van der Waals surface area contributed by atoms with Crippen molar-refractivity contribution in [2.24, 2.45) is 0 Å². The number of aromatic nitrogens is 1. The van der Waals surface area contributed by atoms with E-state index >= 15 is 0 Å². The summed E-state index contributed by atoms with van der Waals surface area (Å²) in [6, 6.07) is 5.48. The third-order valence-electron chi connectivity index (χ3n) is 1.95. The first-order valence-corrected chi connectivity index (χ1v) is 6.24. The molecule has 1 N–H and O–H groups in total. The van der Waals surface area contributed by atoms with Gasteiger partial charge in [0.05, 0.1) is 0 Å². The van der Waals surface area contributed by atoms with E-state index in [2.05, 4.69) is 4.98 Å². The van der Waals surface area contributed by atoms with Crippen LogP contribution < -0.4 is 0 Å². The summed E-state index contributed by atoms with van der Waals surface area (Å²) in [6.07, 6.45) is 2.67. The standard InChI is InChI=1S/C10H7Cl2NS2/c11-7-1-2-9(12)6(3-7)4-8-5-13-10(14)15-8/h1-3,5H,4H2,(H,13,14). The first-order valence-electron chi connectivity index (χ1n) is 4.26. The highest BCUT2D eigenvalue weighted by atomic mass is 35.5. The van der Waals surface area contributed by atoms with Crippen LogP contribution in [0.5, 0.6) is 0 Å². The Labute approximate surface area is 107 Å². The summed E-state index contributed by atoms with van der Waals surface area (Å²) in [4.78, 5) is 4.14. The molecule has 1 nitrogen and oxygen atoms in total. The van der Waals surface area contributed by atoms with Crippen molar-refractivity contribution in [3.05, 3.63) is 48.8 Å². The number of hydrogen-bond donors (Lipinski definition) is 1. The second-order valence-electron chi connectivity index (χ2n) is 3.06. The molecular weight excluding hydrogens is 269 g/mol. The molecule has 0 bridgehead atoms.